The number of hydrogen-bond donors (Lipinski definition) is 0. The van der Waals surface area contributed by atoms with Gasteiger partial charge in [0.25, 0.3) is 5.91 Å². The summed E-state index contributed by atoms with van der Waals surface area (Å²) >= 11 is 0. The molecule has 0 bridgehead atoms. The standard InChI is InChI=1S/C19H25N5O/c1-22-11-13-24(14-12-22)17-5-9-21-18(15-17)19(25)23(2)10-6-16-3-7-20-8-4-16/h3-5,7-9,15H,6,10-14H2,1-2H3. The van der Waals surface area contributed by atoms with Crippen LogP contribution in [0.15, 0.2) is 42.9 Å². The molecule has 1 saturated heterocycles. The second-order valence-corrected chi connectivity index (χ2v) is 6.52. The lowest BCUT2D eigenvalue weighted by Crippen LogP contribution is -2.44. The molecule has 3 rings (SSSR count). The van der Waals surface area contributed by atoms with Crippen molar-refractivity contribution in [1.29, 1.82) is 0 Å². The summed E-state index contributed by atoms with van der Waals surface area (Å²) in [6.07, 6.45) is 6.09. The maximum absolute atomic E-state index is 12.7. The van der Waals surface area contributed by atoms with Gasteiger partial charge in [0.05, 0.1) is 0 Å². The Morgan fingerprint density at radius 3 is 2.56 bits per heavy atom. The minimum Gasteiger partial charge on any atom is -0.369 e. The van der Waals surface area contributed by atoms with E-state index in [1.54, 1.807) is 23.5 Å². The molecule has 6 nitrogen and oxygen atoms in total. The van der Waals surface area contributed by atoms with Crippen LogP contribution in [0.5, 0.6) is 0 Å². The van der Waals surface area contributed by atoms with Gasteiger partial charge in [0.2, 0.25) is 0 Å². The van der Waals surface area contributed by atoms with Gasteiger partial charge in [-0.25, -0.2) is 0 Å². The van der Waals surface area contributed by atoms with E-state index in [9.17, 15) is 4.79 Å². The number of aromatic nitrogens is 2. The SMILES string of the molecule is CN1CCN(c2ccnc(C(=O)N(C)CCc3ccncc3)c2)CC1. The lowest BCUT2D eigenvalue weighted by atomic mass is 10.2. The summed E-state index contributed by atoms with van der Waals surface area (Å²) in [7, 11) is 3.96. The number of anilines is 1. The van der Waals surface area contributed by atoms with Crippen molar-refractivity contribution in [3.05, 3.63) is 54.1 Å². The first kappa shape index (κ1) is 17.4. The van der Waals surface area contributed by atoms with Crippen LogP contribution in [0.2, 0.25) is 0 Å². The second kappa shape index (κ2) is 8.07. The van der Waals surface area contributed by atoms with Gasteiger partial charge in [-0.2, -0.15) is 0 Å². The number of nitrogens with zero attached hydrogens (tertiary/aromatic N) is 5. The van der Waals surface area contributed by atoms with Crippen LogP contribution in [-0.2, 0) is 6.42 Å². The van der Waals surface area contributed by atoms with Gasteiger partial charge in [-0.15, -0.1) is 0 Å². The van der Waals surface area contributed by atoms with E-state index in [4.69, 9.17) is 0 Å². The van der Waals surface area contributed by atoms with Gasteiger partial charge < -0.3 is 14.7 Å². The summed E-state index contributed by atoms with van der Waals surface area (Å²) in [5.41, 5.74) is 2.76. The number of rotatable bonds is 5. The Bertz CT molecular complexity index is 698. The van der Waals surface area contributed by atoms with Crippen molar-refractivity contribution < 1.29 is 4.79 Å². The summed E-state index contributed by atoms with van der Waals surface area (Å²) in [5.74, 6) is -0.0370. The van der Waals surface area contributed by atoms with Gasteiger partial charge >= 0.3 is 0 Å². The minimum atomic E-state index is -0.0370. The maximum atomic E-state index is 12.7. The fourth-order valence-electron chi connectivity index (χ4n) is 2.94. The quantitative estimate of drug-likeness (QED) is 0.827. The third kappa shape index (κ3) is 4.54. The summed E-state index contributed by atoms with van der Waals surface area (Å²) in [6.45, 7) is 4.69. The summed E-state index contributed by atoms with van der Waals surface area (Å²) < 4.78 is 0. The predicted molar refractivity (Wildman–Crippen MR) is 98.8 cm³/mol. The highest BCUT2D eigenvalue weighted by Crippen LogP contribution is 2.17. The van der Waals surface area contributed by atoms with Crippen LogP contribution in [0.3, 0.4) is 0 Å². The molecule has 0 atom stereocenters. The normalized spacial score (nSPS) is 15.2. The number of pyridine rings is 2. The van der Waals surface area contributed by atoms with Crippen LogP contribution in [0, 0.1) is 0 Å². The highest BCUT2D eigenvalue weighted by molar-refractivity contribution is 5.93. The van der Waals surface area contributed by atoms with E-state index in [-0.39, 0.29) is 5.91 Å². The Kier molecular flexibility index (Phi) is 5.60. The zero-order valence-corrected chi connectivity index (χ0v) is 14.9. The molecule has 0 radical (unpaired) electrons. The first-order valence-corrected chi connectivity index (χ1v) is 8.67. The Morgan fingerprint density at radius 1 is 1.12 bits per heavy atom. The topological polar surface area (TPSA) is 52.6 Å². The van der Waals surface area contributed by atoms with E-state index in [0.29, 0.717) is 12.2 Å². The zero-order chi connectivity index (χ0) is 17.6. The molecule has 2 aromatic rings. The van der Waals surface area contributed by atoms with E-state index in [1.165, 1.54) is 5.56 Å². The van der Waals surface area contributed by atoms with Gasteiger partial charge in [-0.1, -0.05) is 0 Å². The van der Waals surface area contributed by atoms with Crippen LogP contribution in [0.1, 0.15) is 16.1 Å². The van der Waals surface area contributed by atoms with Crippen molar-refractivity contribution in [1.82, 2.24) is 19.8 Å². The predicted octanol–water partition coefficient (Wildman–Crippen LogP) is 1.54. The average molecular weight is 339 g/mol. The van der Waals surface area contributed by atoms with Crippen LogP contribution in [0.25, 0.3) is 0 Å². The van der Waals surface area contributed by atoms with E-state index >= 15 is 0 Å². The molecule has 6 heteroatoms. The smallest absolute Gasteiger partial charge is 0.272 e. The second-order valence-electron chi connectivity index (χ2n) is 6.52. The molecule has 2 aromatic heterocycles. The molecule has 3 heterocycles. The van der Waals surface area contributed by atoms with Gasteiger partial charge in [0.1, 0.15) is 5.69 Å². The van der Waals surface area contributed by atoms with Crippen molar-refractivity contribution in [2.24, 2.45) is 0 Å². The van der Waals surface area contributed by atoms with Crippen molar-refractivity contribution in [2.75, 3.05) is 51.7 Å². The molecule has 1 aliphatic heterocycles. The molecule has 0 spiro atoms. The summed E-state index contributed by atoms with van der Waals surface area (Å²) in [5, 5.41) is 0. The Hall–Kier alpha value is -2.47. The highest BCUT2D eigenvalue weighted by atomic mass is 16.2. The molecule has 1 amide bonds. The summed E-state index contributed by atoms with van der Waals surface area (Å²) in [6, 6.07) is 7.85. The number of carbonyl (C=O) groups excluding carboxylic acids is 1. The molecule has 0 N–H and O–H groups in total. The van der Waals surface area contributed by atoms with Crippen LogP contribution < -0.4 is 4.90 Å². The number of amides is 1. The molecule has 0 unspecified atom stereocenters. The molecule has 25 heavy (non-hydrogen) atoms. The van der Waals surface area contributed by atoms with Gasteiger partial charge in [-0.05, 0) is 43.3 Å². The zero-order valence-electron chi connectivity index (χ0n) is 14.9. The lowest BCUT2D eigenvalue weighted by molar-refractivity contribution is 0.0791. The van der Waals surface area contributed by atoms with E-state index in [1.807, 2.05) is 31.3 Å². The fraction of sp³-hybridized carbons (Fsp3) is 0.421. The largest absolute Gasteiger partial charge is 0.369 e. The fourth-order valence-corrected chi connectivity index (χ4v) is 2.94. The van der Waals surface area contributed by atoms with E-state index in [2.05, 4.69) is 26.8 Å². The minimum absolute atomic E-state index is 0.0370. The Morgan fingerprint density at radius 2 is 1.84 bits per heavy atom. The van der Waals surface area contributed by atoms with Crippen molar-refractivity contribution in [3.8, 4) is 0 Å². The number of likely N-dealkylation sites (N-methyl/N-ethyl adjacent to an activating group) is 2. The third-order valence-corrected chi connectivity index (χ3v) is 4.66. The molecule has 0 saturated carbocycles. The van der Waals surface area contributed by atoms with Crippen LogP contribution in [0.4, 0.5) is 5.69 Å². The molecule has 132 valence electrons. The van der Waals surface area contributed by atoms with Gasteiger partial charge in [0, 0.05) is 64.0 Å². The van der Waals surface area contributed by atoms with Crippen molar-refractivity contribution in [2.45, 2.75) is 6.42 Å². The van der Waals surface area contributed by atoms with Crippen LogP contribution in [-0.4, -0.2) is 72.5 Å². The maximum Gasteiger partial charge on any atom is 0.272 e. The number of carbonyl (C=O) groups is 1. The molecular weight excluding hydrogens is 314 g/mol. The number of piperazine rings is 1. The first-order chi connectivity index (χ1) is 12.1. The first-order valence-electron chi connectivity index (χ1n) is 8.67. The third-order valence-electron chi connectivity index (χ3n) is 4.66. The summed E-state index contributed by atoms with van der Waals surface area (Å²) in [4.78, 5) is 27.3. The molecule has 0 aliphatic carbocycles. The molecule has 1 fully saturated rings. The highest BCUT2D eigenvalue weighted by Gasteiger charge is 2.18. The Labute approximate surface area is 149 Å². The lowest BCUT2D eigenvalue weighted by Gasteiger charge is -2.34. The van der Waals surface area contributed by atoms with Crippen molar-refractivity contribution >= 4 is 11.6 Å². The average Bonchev–Trinajstić information content (AvgIpc) is 2.67. The molecule has 0 aromatic carbocycles. The van der Waals surface area contributed by atoms with E-state index < -0.39 is 0 Å². The van der Waals surface area contributed by atoms with Crippen LogP contribution >= 0.6 is 0 Å². The molecule has 1 aliphatic rings. The Balaban J connectivity index is 1.62. The van der Waals surface area contributed by atoms with Crippen molar-refractivity contribution in [3.63, 3.8) is 0 Å². The number of hydrogen-bond acceptors (Lipinski definition) is 5. The molecular formula is C19H25N5O. The monoisotopic (exact) mass is 339 g/mol. The van der Waals surface area contributed by atoms with Gasteiger partial charge in [0.15, 0.2) is 0 Å². The van der Waals surface area contributed by atoms with E-state index in [0.717, 1.165) is 38.3 Å². The van der Waals surface area contributed by atoms with Gasteiger partial charge in [-0.3, -0.25) is 14.8 Å².